The minimum atomic E-state index is -0.0214. The van der Waals surface area contributed by atoms with Gasteiger partial charge in [0, 0.05) is 21.3 Å². The number of rotatable bonds is 6. The summed E-state index contributed by atoms with van der Waals surface area (Å²) in [4.78, 5) is 12.5. The fraction of sp³-hybridized carbons (Fsp3) is 0.0500. The molecule has 0 aliphatic rings. The summed E-state index contributed by atoms with van der Waals surface area (Å²) in [5.74, 6) is 1.32. The van der Waals surface area contributed by atoms with Gasteiger partial charge in [0.05, 0.1) is 12.0 Å². The summed E-state index contributed by atoms with van der Waals surface area (Å²) < 4.78 is 7.33. The van der Waals surface area contributed by atoms with Crippen LogP contribution in [0.15, 0.2) is 76.5 Å². The van der Waals surface area contributed by atoms with Gasteiger partial charge in [-0.2, -0.15) is 0 Å². The van der Waals surface area contributed by atoms with Gasteiger partial charge in [-0.1, -0.05) is 35.0 Å². The van der Waals surface area contributed by atoms with E-state index in [1.54, 1.807) is 48.7 Å². The SMILES string of the molecule is O=C(CSc1nnc(-c2ccco2)n1-c1ccc(Cl)cc1)c1ccc(Cl)cc1. The number of halogens is 2. The lowest BCUT2D eigenvalue weighted by molar-refractivity contribution is 0.102. The van der Waals surface area contributed by atoms with Gasteiger partial charge in [-0.3, -0.25) is 9.36 Å². The van der Waals surface area contributed by atoms with Crippen molar-refractivity contribution < 1.29 is 9.21 Å². The van der Waals surface area contributed by atoms with Crippen LogP contribution in [-0.2, 0) is 0 Å². The van der Waals surface area contributed by atoms with Crippen LogP contribution in [0.3, 0.4) is 0 Å². The number of aromatic nitrogens is 3. The predicted molar refractivity (Wildman–Crippen MR) is 111 cm³/mol. The summed E-state index contributed by atoms with van der Waals surface area (Å²) in [6.07, 6.45) is 1.58. The normalized spacial score (nSPS) is 10.9. The Morgan fingerprint density at radius 2 is 1.64 bits per heavy atom. The maximum atomic E-state index is 12.5. The van der Waals surface area contributed by atoms with Gasteiger partial charge in [0.15, 0.2) is 16.7 Å². The van der Waals surface area contributed by atoms with E-state index in [1.807, 2.05) is 22.8 Å². The van der Waals surface area contributed by atoms with E-state index in [9.17, 15) is 4.79 Å². The van der Waals surface area contributed by atoms with E-state index in [1.165, 1.54) is 11.8 Å². The minimum Gasteiger partial charge on any atom is -0.461 e. The molecule has 5 nitrogen and oxygen atoms in total. The Morgan fingerprint density at radius 1 is 0.964 bits per heavy atom. The molecule has 2 aromatic heterocycles. The van der Waals surface area contributed by atoms with Crippen molar-refractivity contribution in [3.05, 3.63) is 82.5 Å². The Balaban J connectivity index is 1.64. The number of ketones is 1. The van der Waals surface area contributed by atoms with Gasteiger partial charge in [0.1, 0.15) is 0 Å². The zero-order valence-corrected chi connectivity index (χ0v) is 16.7. The van der Waals surface area contributed by atoms with Gasteiger partial charge in [0.2, 0.25) is 5.82 Å². The van der Waals surface area contributed by atoms with Gasteiger partial charge in [-0.05, 0) is 60.7 Å². The number of nitrogens with zero attached hydrogens (tertiary/aromatic N) is 3. The maximum absolute atomic E-state index is 12.5. The molecule has 0 aliphatic heterocycles. The molecular weight excluding hydrogens is 417 g/mol. The first-order valence-electron chi connectivity index (χ1n) is 8.28. The van der Waals surface area contributed by atoms with Crippen LogP contribution in [0.2, 0.25) is 10.0 Å². The molecule has 0 spiro atoms. The van der Waals surface area contributed by atoms with E-state index in [2.05, 4.69) is 10.2 Å². The van der Waals surface area contributed by atoms with Crippen molar-refractivity contribution in [1.29, 1.82) is 0 Å². The number of thioether (sulfide) groups is 1. The van der Waals surface area contributed by atoms with Crippen LogP contribution in [0.25, 0.3) is 17.3 Å². The Labute approximate surface area is 175 Å². The lowest BCUT2D eigenvalue weighted by atomic mass is 10.1. The van der Waals surface area contributed by atoms with E-state index >= 15 is 0 Å². The number of carbonyl (C=O) groups is 1. The zero-order valence-electron chi connectivity index (χ0n) is 14.4. The molecule has 0 saturated heterocycles. The standard InChI is InChI=1S/C20H13Cl2N3O2S/c21-14-5-3-13(4-6-14)17(26)12-28-20-24-23-19(18-2-1-11-27-18)25(20)16-9-7-15(22)8-10-16/h1-11H,12H2. The Bertz CT molecular complexity index is 1090. The lowest BCUT2D eigenvalue weighted by Crippen LogP contribution is -2.04. The molecular formula is C20H13Cl2N3O2S. The summed E-state index contributed by atoms with van der Waals surface area (Å²) >= 11 is 13.2. The van der Waals surface area contributed by atoms with Crippen LogP contribution in [0.1, 0.15) is 10.4 Å². The summed E-state index contributed by atoms with van der Waals surface area (Å²) in [5, 5.41) is 10.3. The summed E-state index contributed by atoms with van der Waals surface area (Å²) in [6.45, 7) is 0. The van der Waals surface area contributed by atoms with Crippen LogP contribution < -0.4 is 0 Å². The topological polar surface area (TPSA) is 60.9 Å². The van der Waals surface area contributed by atoms with Crippen molar-refractivity contribution in [3.8, 4) is 17.3 Å². The highest BCUT2D eigenvalue weighted by Gasteiger charge is 2.19. The van der Waals surface area contributed by atoms with E-state index in [4.69, 9.17) is 27.6 Å². The lowest BCUT2D eigenvalue weighted by Gasteiger charge is -2.09. The second-order valence-electron chi connectivity index (χ2n) is 5.81. The molecule has 4 aromatic rings. The number of furan rings is 1. The summed E-state index contributed by atoms with van der Waals surface area (Å²) in [5.41, 5.74) is 1.42. The number of Topliss-reactive ketones (excluding diaryl/α,β-unsaturated/α-hetero) is 1. The van der Waals surface area contributed by atoms with Gasteiger partial charge < -0.3 is 4.42 Å². The molecule has 28 heavy (non-hydrogen) atoms. The molecule has 0 fully saturated rings. The highest BCUT2D eigenvalue weighted by atomic mass is 35.5. The van der Waals surface area contributed by atoms with Crippen molar-refractivity contribution in [2.24, 2.45) is 0 Å². The fourth-order valence-electron chi connectivity index (χ4n) is 2.60. The Morgan fingerprint density at radius 3 is 2.29 bits per heavy atom. The van der Waals surface area contributed by atoms with E-state index in [0.717, 1.165) is 5.69 Å². The largest absolute Gasteiger partial charge is 0.461 e. The molecule has 2 heterocycles. The summed E-state index contributed by atoms with van der Waals surface area (Å²) in [6, 6.07) is 17.7. The van der Waals surface area contributed by atoms with Crippen LogP contribution in [0.4, 0.5) is 0 Å². The first-order valence-corrected chi connectivity index (χ1v) is 10.0. The molecule has 0 unspecified atom stereocenters. The monoisotopic (exact) mass is 429 g/mol. The van der Waals surface area contributed by atoms with E-state index in [-0.39, 0.29) is 11.5 Å². The van der Waals surface area contributed by atoms with Crippen LogP contribution >= 0.6 is 35.0 Å². The third-order valence-electron chi connectivity index (χ3n) is 3.96. The maximum Gasteiger partial charge on any atom is 0.205 e. The summed E-state index contributed by atoms with van der Waals surface area (Å²) in [7, 11) is 0. The average molecular weight is 430 g/mol. The van der Waals surface area contributed by atoms with Crippen molar-refractivity contribution >= 4 is 40.7 Å². The molecule has 0 atom stereocenters. The first kappa shape index (κ1) is 18.8. The first-order chi connectivity index (χ1) is 13.6. The predicted octanol–water partition coefficient (Wildman–Crippen LogP) is 5.81. The second-order valence-corrected chi connectivity index (χ2v) is 7.63. The van der Waals surface area contributed by atoms with Gasteiger partial charge in [-0.25, -0.2) is 0 Å². The molecule has 0 aliphatic carbocycles. The molecule has 0 N–H and O–H groups in total. The molecule has 8 heteroatoms. The number of benzene rings is 2. The third kappa shape index (κ3) is 3.99. The van der Waals surface area contributed by atoms with Crippen molar-refractivity contribution in [1.82, 2.24) is 14.8 Å². The number of hydrogen-bond donors (Lipinski definition) is 0. The van der Waals surface area contributed by atoms with Crippen molar-refractivity contribution in [2.45, 2.75) is 5.16 Å². The molecule has 0 radical (unpaired) electrons. The Hall–Kier alpha value is -2.54. The Kier molecular flexibility index (Phi) is 5.52. The smallest absolute Gasteiger partial charge is 0.205 e. The van der Waals surface area contributed by atoms with Crippen molar-refractivity contribution in [2.75, 3.05) is 5.75 Å². The van der Waals surface area contributed by atoms with Crippen LogP contribution in [0, 0.1) is 0 Å². The molecule has 2 aromatic carbocycles. The zero-order chi connectivity index (χ0) is 19.5. The highest BCUT2D eigenvalue weighted by Crippen LogP contribution is 2.29. The molecule has 4 rings (SSSR count). The minimum absolute atomic E-state index is 0.0214. The van der Waals surface area contributed by atoms with Crippen molar-refractivity contribution in [3.63, 3.8) is 0 Å². The quantitative estimate of drug-likeness (QED) is 0.285. The van der Waals surface area contributed by atoms with Crippen LogP contribution in [0.5, 0.6) is 0 Å². The fourth-order valence-corrected chi connectivity index (χ4v) is 3.70. The van der Waals surface area contributed by atoms with E-state index in [0.29, 0.717) is 32.3 Å². The molecule has 0 saturated carbocycles. The average Bonchev–Trinajstić information content (AvgIpc) is 3.37. The molecule has 0 amide bonds. The van der Waals surface area contributed by atoms with Gasteiger partial charge in [0.25, 0.3) is 0 Å². The second kappa shape index (κ2) is 8.22. The molecule has 140 valence electrons. The van der Waals surface area contributed by atoms with Gasteiger partial charge in [-0.15, -0.1) is 10.2 Å². The highest BCUT2D eigenvalue weighted by molar-refractivity contribution is 7.99. The molecule has 0 bridgehead atoms. The third-order valence-corrected chi connectivity index (χ3v) is 5.39. The number of carbonyl (C=O) groups excluding carboxylic acids is 1. The van der Waals surface area contributed by atoms with Gasteiger partial charge >= 0.3 is 0 Å². The number of hydrogen-bond acceptors (Lipinski definition) is 5. The van der Waals surface area contributed by atoms with E-state index < -0.39 is 0 Å². The van der Waals surface area contributed by atoms with Crippen LogP contribution in [-0.4, -0.2) is 26.3 Å².